The Hall–Kier alpha value is -3.19. The van der Waals surface area contributed by atoms with Crippen LogP contribution in [0.2, 0.25) is 5.02 Å². The average molecular weight is 466 g/mol. The quantitative estimate of drug-likeness (QED) is 0.527. The van der Waals surface area contributed by atoms with Crippen LogP contribution in [-0.2, 0) is 4.74 Å². The Morgan fingerprint density at radius 3 is 2.33 bits per heavy atom. The maximum Gasteiger partial charge on any atom is 0.410 e. The van der Waals surface area contributed by atoms with Crippen LogP contribution in [0.25, 0.3) is 22.5 Å². The van der Waals surface area contributed by atoms with Crippen LogP contribution in [0.1, 0.15) is 26.3 Å². The number of piperazine rings is 1. The van der Waals surface area contributed by atoms with Crippen molar-refractivity contribution in [3.8, 4) is 22.5 Å². The molecule has 0 N–H and O–H groups in total. The SMILES string of the molecule is Cc1ccc(-c2ncc(N3CCN(C(=O)OC(C)(C)C)CC3)nc2-c2ccncc2Cl)cc1. The normalized spacial score (nSPS) is 14.3. The molecule has 3 aromatic rings. The van der Waals surface area contributed by atoms with Gasteiger partial charge in [-0.2, -0.15) is 0 Å². The summed E-state index contributed by atoms with van der Waals surface area (Å²) in [5.74, 6) is 0.748. The van der Waals surface area contributed by atoms with E-state index < -0.39 is 5.60 Å². The highest BCUT2D eigenvalue weighted by molar-refractivity contribution is 6.33. The van der Waals surface area contributed by atoms with Crippen molar-refractivity contribution in [3.63, 3.8) is 0 Å². The van der Waals surface area contributed by atoms with Crippen molar-refractivity contribution in [1.29, 1.82) is 0 Å². The summed E-state index contributed by atoms with van der Waals surface area (Å²) in [6.07, 6.45) is 4.82. The van der Waals surface area contributed by atoms with Crippen molar-refractivity contribution in [1.82, 2.24) is 19.9 Å². The van der Waals surface area contributed by atoms with Crippen LogP contribution < -0.4 is 4.90 Å². The number of rotatable bonds is 3. The van der Waals surface area contributed by atoms with Gasteiger partial charge in [0, 0.05) is 49.7 Å². The molecule has 0 aliphatic carbocycles. The molecule has 8 heteroatoms. The minimum atomic E-state index is -0.510. The predicted octanol–water partition coefficient (Wildman–Crippen LogP) is 5.22. The zero-order valence-electron chi connectivity index (χ0n) is 19.4. The molecule has 33 heavy (non-hydrogen) atoms. The molecule has 1 aliphatic rings. The van der Waals surface area contributed by atoms with Gasteiger partial charge in [-0.3, -0.25) is 9.97 Å². The number of anilines is 1. The molecule has 0 bridgehead atoms. The standard InChI is InChI=1S/C25H28ClN5O2/c1-17-5-7-18(8-6-17)22-23(19-9-10-27-15-20(19)26)29-21(16-28-22)30-11-13-31(14-12-30)24(32)33-25(2,3)4/h5-10,15-16H,11-14H2,1-4H3. The molecule has 3 heterocycles. The van der Waals surface area contributed by atoms with E-state index in [1.165, 1.54) is 5.56 Å². The molecule has 0 spiro atoms. The van der Waals surface area contributed by atoms with Crippen molar-refractivity contribution in [2.45, 2.75) is 33.3 Å². The molecular weight excluding hydrogens is 438 g/mol. The third kappa shape index (κ3) is 5.42. The van der Waals surface area contributed by atoms with E-state index in [-0.39, 0.29) is 6.09 Å². The fourth-order valence-corrected chi connectivity index (χ4v) is 3.86. The number of ether oxygens (including phenoxy) is 1. The molecule has 1 amide bonds. The number of carbonyl (C=O) groups is 1. The molecule has 0 saturated carbocycles. The first-order chi connectivity index (χ1) is 15.7. The Morgan fingerprint density at radius 1 is 1.00 bits per heavy atom. The van der Waals surface area contributed by atoms with Crippen molar-refractivity contribution < 1.29 is 9.53 Å². The van der Waals surface area contributed by atoms with Crippen LogP contribution in [0.5, 0.6) is 0 Å². The molecule has 0 radical (unpaired) electrons. The number of pyridine rings is 1. The molecule has 7 nitrogen and oxygen atoms in total. The Bertz CT molecular complexity index is 1140. The molecule has 1 aliphatic heterocycles. The van der Waals surface area contributed by atoms with Gasteiger partial charge in [0.2, 0.25) is 0 Å². The lowest BCUT2D eigenvalue weighted by molar-refractivity contribution is 0.0240. The summed E-state index contributed by atoms with van der Waals surface area (Å²) in [6.45, 7) is 10.1. The number of amides is 1. The third-order valence-electron chi connectivity index (χ3n) is 5.37. The molecule has 0 atom stereocenters. The van der Waals surface area contributed by atoms with E-state index in [1.54, 1.807) is 23.5 Å². The molecule has 2 aromatic heterocycles. The third-order valence-corrected chi connectivity index (χ3v) is 5.67. The fraction of sp³-hybridized carbons (Fsp3) is 0.360. The lowest BCUT2D eigenvalue weighted by Gasteiger charge is -2.36. The number of nitrogens with zero attached hydrogens (tertiary/aromatic N) is 5. The van der Waals surface area contributed by atoms with E-state index in [2.05, 4.69) is 28.9 Å². The Kier molecular flexibility index (Phi) is 6.51. The van der Waals surface area contributed by atoms with Gasteiger partial charge >= 0.3 is 6.09 Å². The number of carbonyl (C=O) groups excluding carboxylic acids is 1. The van der Waals surface area contributed by atoms with Gasteiger partial charge in [0.25, 0.3) is 0 Å². The van der Waals surface area contributed by atoms with E-state index in [9.17, 15) is 4.79 Å². The second-order valence-electron chi connectivity index (χ2n) is 9.10. The van der Waals surface area contributed by atoms with Gasteiger partial charge in [0.05, 0.1) is 16.9 Å². The molecule has 172 valence electrons. The van der Waals surface area contributed by atoms with Gasteiger partial charge in [-0.25, -0.2) is 9.78 Å². The van der Waals surface area contributed by atoms with E-state index in [0.29, 0.717) is 36.9 Å². The van der Waals surface area contributed by atoms with Crippen LogP contribution in [0.15, 0.2) is 48.9 Å². The number of benzene rings is 1. The summed E-state index contributed by atoms with van der Waals surface area (Å²) < 4.78 is 5.50. The minimum absolute atomic E-state index is 0.285. The monoisotopic (exact) mass is 465 g/mol. The highest BCUT2D eigenvalue weighted by Crippen LogP contribution is 2.34. The Labute approximate surface area is 199 Å². The van der Waals surface area contributed by atoms with Crippen LogP contribution >= 0.6 is 11.6 Å². The summed E-state index contributed by atoms with van der Waals surface area (Å²) in [5.41, 5.74) is 3.89. The summed E-state index contributed by atoms with van der Waals surface area (Å²) in [5, 5.41) is 0.520. The molecular formula is C25H28ClN5O2. The Balaban J connectivity index is 1.62. The fourth-order valence-electron chi connectivity index (χ4n) is 3.65. The summed E-state index contributed by atoms with van der Waals surface area (Å²) in [6, 6.07) is 10.0. The second-order valence-corrected chi connectivity index (χ2v) is 9.51. The lowest BCUT2D eigenvalue weighted by atomic mass is 10.0. The first-order valence-corrected chi connectivity index (χ1v) is 11.4. The molecule has 1 saturated heterocycles. The predicted molar refractivity (Wildman–Crippen MR) is 130 cm³/mol. The number of hydrogen-bond donors (Lipinski definition) is 0. The van der Waals surface area contributed by atoms with Crippen LogP contribution in [-0.4, -0.2) is 57.7 Å². The van der Waals surface area contributed by atoms with Crippen molar-refractivity contribution in [2.24, 2.45) is 0 Å². The first-order valence-electron chi connectivity index (χ1n) is 11.0. The van der Waals surface area contributed by atoms with Gasteiger partial charge in [0.15, 0.2) is 0 Å². The van der Waals surface area contributed by atoms with E-state index >= 15 is 0 Å². The number of hydrogen-bond acceptors (Lipinski definition) is 6. The second kappa shape index (κ2) is 9.35. The zero-order valence-corrected chi connectivity index (χ0v) is 20.1. The topological polar surface area (TPSA) is 71.5 Å². The van der Waals surface area contributed by atoms with Crippen LogP contribution in [0.4, 0.5) is 10.6 Å². The van der Waals surface area contributed by atoms with Gasteiger partial charge in [-0.1, -0.05) is 41.4 Å². The van der Waals surface area contributed by atoms with Crippen molar-refractivity contribution in [2.75, 3.05) is 31.1 Å². The van der Waals surface area contributed by atoms with E-state index in [0.717, 1.165) is 22.6 Å². The minimum Gasteiger partial charge on any atom is -0.444 e. The average Bonchev–Trinajstić information content (AvgIpc) is 2.79. The maximum atomic E-state index is 12.4. The summed E-state index contributed by atoms with van der Waals surface area (Å²) >= 11 is 6.49. The number of halogens is 1. The lowest BCUT2D eigenvalue weighted by Crippen LogP contribution is -2.50. The van der Waals surface area contributed by atoms with Crippen molar-refractivity contribution >= 4 is 23.5 Å². The van der Waals surface area contributed by atoms with E-state index in [4.69, 9.17) is 26.3 Å². The Morgan fingerprint density at radius 2 is 1.70 bits per heavy atom. The number of aryl methyl sites for hydroxylation is 1. The van der Waals surface area contributed by atoms with Crippen LogP contribution in [0.3, 0.4) is 0 Å². The van der Waals surface area contributed by atoms with E-state index in [1.807, 2.05) is 39.0 Å². The van der Waals surface area contributed by atoms with Gasteiger partial charge in [-0.05, 0) is 33.8 Å². The maximum absolute atomic E-state index is 12.4. The van der Waals surface area contributed by atoms with Crippen LogP contribution in [0, 0.1) is 6.92 Å². The largest absolute Gasteiger partial charge is 0.444 e. The first kappa shape index (κ1) is 23.0. The molecule has 1 aromatic carbocycles. The summed E-state index contributed by atoms with van der Waals surface area (Å²) in [7, 11) is 0. The highest BCUT2D eigenvalue weighted by atomic mass is 35.5. The van der Waals surface area contributed by atoms with Gasteiger partial charge in [-0.15, -0.1) is 0 Å². The van der Waals surface area contributed by atoms with Gasteiger partial charge < -0.3 is 14.5 Å². The smallest absolute Gasteiger partial charge is 0.410 e. The molecule has 1 fully saturated rings. The number of aromatic nitrogens is 3. The highest BCUT2D eigenvalue weighted by Gasteiger charge is 2.27. The zero-order chi connectivity index (χ0) is 23.6. The van der Waals surface area contributed by atoms with Crippen molar-refractivity contribution in [3.05, 3.63) is 59.5 Å². The molecule has 0 unspecified atom stereocenters. The van der Waals surface area contributed by atoms with Gasteiger partial charge in [0.1, 0.15) is 17.1 Å². The summed E-state index contributed by atoms with van der Waals surface area (Å²) in [4.78, 5) is 30.1. The molecule has 4 rings (SSSR count).